The van der Waals surface area contributed by atoms with Gasteiger partial charge in [-0.3, -0.25) is 19.1 Å². The average molecular weight is 383 g/mol. The van der Waals surface area contributed by atoms with Gasteiger partial charge in [-0.15, -0.1) is 0 Å². The standard InChI is InChI=1S/C14H21N7O4S/c1-15-12-11(21(23)24)13(19-6-8-26(25)9-7-19)17-14(16-12)20-4-2-18(10-22)3-5-20/h10H,2-9H2,1H3,(H,15,16,17). The topological polar surface area (TPSA) is 125 Å². The Balaban J connectivity index is 1.96. The summed E-state index contributed by atoms with van der Waals surface area (Å²) in [5, 5.41) is 14.4. The van der Waals surface area contributed by atoms with Crippen molar-refractivity contribution in [3.8, 4) is 0 Å². The molecule has 0 bridgehead atoms. The van der Waals surface area contributed by atoms with Crippen molar-refractivity contribution in [2.45, 2.75) is 0 Å². The highest BCUT2D eigenvalue weighted by atomic mass is 32.2. The molecule has 12 heteroatoms. The van der Waals surface area contributed by atoms with Gasteiger partial charge >= 0.3 is 5.69 Å². The van der Waals surface area contributed by atoms with Crippen molar-refractivity contribution < 1.29 is 13.9 Å². The maximum absolute atomic E-state index is 11.6. The van der Waals surface area contributed by atoms with E-state index in [9.17, 15) is 19.1 Å². The molecule has 3 heterocycles. The van der Waals surface area contributed by atoms with Gasteiger partial charge in [0.1, 0.15) is 0 Å². The molecule has 3 rings (SSSR count). The third kappa shape index (κ3) is 3.69. The number of piperazine rings is 1. The lowest BCUT2D eigenvalue weighted by molar-refractivity contribution is -0.383. The van der Waals surface area contributed by atoms with Crippen LogP contribution in [-0.4, -0.2) is 88.2 Å². The summed E-state index contributed by atoms with van der Waals surface area (Å²) in [6, 6.07) is 0. The van der Waals surface area contributed by atoms with Crippen LogP contribution in [0, 0.1) is 10.1 Å². The molecular formula is C14H21N7O4S. The Kier molecular flexibility index (Phi) is 5.49. The highest BCUT2D eigenvalue weighted by Crippen LogP contribution is 2.35. The van der Waals surface area contributed by atoms with E-state index in [0.29, 0.717) is 56.7 Å². The fraction of sp³-hybridized carbons (Fsp3) is 0.643. The van der Waals surface area contributed by atoms with Gasteiger partial charge in [0.2, 0.25) is 24.0 Å². The number of aromatic nitrogens is 2. The van der Waals surface area contributed by atoms with E-state index in [4.69, 9.17) is 0 Å². The highest BCUT2D eigenvalue weighted by Gasteiger charge is 2.31. The first kappa shape index (κ1) is 18.3. The number of anilines is 3. The molecule has 0 unspecified atom stereocenters. The van der Waals surface area contributed by atoms with Gasteiger partial charge in [0.15, 0.2) is 0 Å². The van der Waals surface area contributed by atoms with Crippen molar-refractivity contribution in [2.75, 3.05) is 72.9 Å². The van der Waals surface area contributed by atoms with E-state index in [-0.39, 0.29) is 17.3 Å². The molecule has 2 aliphatic heterocycles. The van der Waals surface area contributed by atoms with Gasteiger partial charge in [-0.05, 0) is 0 Å². The van der Waals surface area contributed by atoms with E-state index in [1.807, 2.05) is 4.90 Å². The van der Waals surface area contributed by atoms with Gasteiger partial charge < -0.3 is 20.0 Å². The molecule has 142 valence electrons. The van der Waals surface area contributed by atoms with Crippen molar-refractivity contribution in [3.63, 3.8) is 0 Å². The van der Waals surface area contributed by atoms with Gasteiger partial charge in [0, 0.05) is 68.6 Å². The summed E-state index contributed by atoms with van der Waals surface area (Å²) in [5.41, 5.74) is -0.171. The number of carbonyl (C=O) groups is 1. The summed E-state index contributed by atoms with van der Waals surface area (Å²) in [5.74, 6) is 1.72. The molecule has 0 saturated carbocycles. The van der Waals surface area contributed by atoms with Crippen LogP contribution in [0.2, 0.25) is 0 Å². The van der Waals surface area contributed by atoms with E-state index < -0.39 is 15.7 Å². The third-order valence-electron chi connectivity index (χ3n) is 4.50. The Morgan fingerprint density at radius 1 is 1.12 bits per heavy atom. The molecule has 2 saturated heterocycles. The molecule has 1 aromatic heterocycles. The fourth-order valence-electron chi connectivity index (χ4n) is 3.01. The van der Waals surface area contributed by atoms with Crippen LogP contribution in [0.1, 0.15) is 0 Å². The zero-order valence-corrected chi connectivity index (χ0v) is 15.3. The Bertz CT molecular complexity index is 713. The summed E-state index contributed by atoms with van der Waals surface area (Å²) in [6.07, 6.45) is 0.812. The van der Waals surface area contributed by atoms with E-state index >= 15 is 0 Å². The largest absolute Gasteiger partial charge is 0.367 e. The smallest absolute Gasteiger partial charge is 0.353 e. The summed E-state index contributed by atoms with van der Waals surface area (Å²) in [4.78, 5) is 36.2. The minimum Gasteiger partial charge on any atom is -0.367 e. The predicted molar refractivity (Wildman–Crippen MR) is 98.2 cm³/mol. The van der Waals surface area contributed by atoms with Crippen molar-refractivity contribution in [2.24, 2.45) is 0 Å². The van der Waals surface area contributed by atoms with Gasteiger partial charge in [-0.2, -0.15) is 9.97 Å². The first-order valence-electron chi connectivity index (χ1n) is 8.32. The molecule has 1 amide bonds. The summed E-state index contributed by atoms with van der Waals surface area (Å²) >= 11 is 0. The van der Waals surface area contributed by atoms with Gasteiger partial charge in [-0.1, -0.05) is 0 Å². The molecule has 2 fully saturated rings. The molecule has 1 aromatic rings. The lowest BCUT2D eigenvalue weighted by atomic mass is 10.3. The molecule has 0 radical (unpaired) electrons. The second-order valence-corrected chi connectivity index (χ2v) is 7.71. The van der Waals surface area contributed by atoms with Crippen LogP contribution in [0.25, 0.3) is 0 Å². The molecule has 1 N–H and O–H groups in total. The summed E-state index contributed by atoms with van der Waals surface area (Å²) < 4.78 is 11.6. The van der Waals surface area contributed by atoms with Crippen LogP contribution >= 0.6 is 0 Å². The van der Waals surface area contributed by atoms with Crippen LogP contribution in [0.15, 0.2) is 0 Å². The number of amides is 1. The van der Waals surface area contributed by atoms with Crippen molar-refractivity contribution in [3.05, 3.63) is 10.1 Å². The van der Waals surface area contributed by atoms with Crippen molar-refractivity contribution in [1.29, 1.82) is 0 Å². The Morgan fingerprint density at radius 2 is 1.77 bits per heavy atom. The Labute approximate surface area is 153 Å². The number of rotatable bonds is 5. The minimum absolute atomic E-state index is 0.152. The van der Waals surface area contributed by atoms with Crippen LogP contribution in [0.5, 0.6) is 0 Å². The normalized spacial score (nSPS) is 18.7. The molecule has 0 atom stereocenters. The third-order valence-corrected chi connectivity index (χ3v) is 5.77. The average Bonchev–Trinajstić information content (AvgIpc) is 2.67. The Morgan fingerprint density at radius 3 is 2.31 bits per heavy atom. The van der Waals surface area contributed by atoms with E-state index in [0.717, 1.165) is 6.41 Å². The second kappa shape index (κ2) is 7.81. The van der Waals surface area contributed by atoms with E-state index in [1.165, 1.54) is 0 Å². The van der Waals surface area contributed by atoms with Crippen LogP contribution in [-0.2, 0) is 15.6 Å². The maximum atomic E-state index is 11.6. The number of nitrogens with one attached hydrogen (secondary N) is 1. The predicted octanol–water partition coefficient (Wildman–Crippen LogP) is -0.726. The molecule has 26 heavy (non-hydrogen) atoms. The van der Waals surface area contributed by atoms with E-state index in [1.54, 1.807) is 16.8 Å². The molecule has 0 aliphatic carbocycles. The zero-order chi connectivity index (χ0) is 18.7. The summed E-state index contributed by atoms with van der Waals surface area (Å²) in [6.45, 7) is 3.12. The number of hydrogen-bond acceptors (Lipinski definition) is 9. The molecule has 0 aromatic carbocycles. The lowest BCUT2D eigenvalue weighted by Crippen LogP contribution is -2.46. The van der Waals surface area contributed by atoms with Gasteiger partial charge in [0.25, 0.3) is 0 Å². The number of carbonyl (C=O) groups excluding carboxylic acids is 1. The SMILES string of the molecule is CNc1nc(N2CCN(C=O)CC2)nc(N2CCS(=O)CC2)c1[N+](=O)[O-]. The maximum Gasteiger partial charge on any atom is 0.353 e. The van der Waals surface area contributed by atoms with Crippen LogP contribution < -0.4 is 15.1 Å². The van der Waals surface area contributed by atoms with Crippen molar-refractivity contribution in [1.82, 2.24) is 14.9 Å². The fourth-order valence-corrected chi connectivity index (χ4v) is 4.07. The monoisotopic (exact) mass is 383 g/mol. The van der Waals surface area contributed by atoms with Gasteiger partial charge in [-0.25, -0.2) is 0 Å². The first-order chi connectivity index (χ1) is 12.5. The summed E-state index contributed by atoms with van der Waals surface area (Å²) in [7, 11) is 0.688. The zero-order valence-electron chi connectivity index (χ0n) is 14.5. The van der Waals surface area contributed by atoms with Crippen molar-refractivity contribution >= 4 is 40.5 Å². The van der Waals surface area contributed by atoms with E-state index in [2.05, 4.69) is 15.3 Å². The molecule has 11 nitrogen and oxygen atoms in total. The quantitative estimate of drug-likeness (QED) is 0.398. The van der Waals surface area contributed by atoms with Crippen LogP contribution in [0.4, 0.5) is 23.3 Å². The van der Waals surface area contributed by atoms with Crippen LogP contribution in [0.3, 0.4) is 0 Å². The highest BCUT2D eigenvalue weighted by molar-refractivity contribution is 7.85. The molecule has 2 aliphatic rings. The number of hydrogen-bond donors (Lipinski definition) is 1. The molecular weight excluding hydrogens is 362 g/mol. The number of nitro groups is 1. The number of nitrogens with zero attached hydrogens (tertiary/aromatic N) is 6. The Hall–Kier alpha value is -2.50. The molecule has 0 spiro atoms. The first-order valence-corrected chi connectivity index (χ1v) is 9.80. The lowest BCUT2D eigenvalue weighted by Gasteiger charge is -2.33. The minimum atomic E-state index is -0.893. The second-order valence-electron chi connectivity index (χ2n) is 6.02. The van der Waals surface area contributed by atoms with Gasteiger partial charge in [0.05, 0.1) is 4.92 Å².